The second kappa shape index (κ2) is 6.50. The lowest BCUT2D eigenvalue weighted by molar-refractivity contribution is -0.118. The molecule has 1 aromatic carbocycles. The zero-order chi connectivity index (χ0) is 15.5. The van der Waals surface area contributed by atoms with Gasteiger partial charge in [0.25, 0.3) is 0 Å². The summed E-state index contributed by atoms with van der Waals surface area (Å²) in [7, 11) is 0. The Kier molecular flexibility index (Phi) is 4.45. The second-order valence-corrected chi connectivity index (χ2v) is 6.09. The standard InChI is InChI=1S/C16H19ClN4O/c17-13-6-4-11(5-7-13)8-19-14-3-1-2-12-9-21(10-15(18)22)20-16(12)14/h4-7,9,14,19H,1-3,8,10H2,(H2,18,22). The van der Waals surface area contributed by atoms with Crippen LogP contribution >= 0.6 is 11.6 Å². The van der Waals surface area contributed by atoms with Gasteiger partial charge in [-0.25, -0.2) is 0 Å². The highest BCUT2D eigenvalue weighted by Gasteiger charge is 2.23. The minimum absolute atomic E-state index is 0.136. The lowest BCUT2D eigenvalue weighted by Gasteiger charge is -2.22. The predicted octanol–water partition coefficient (Wildman–Crippen LogP) is 2.19. The van der Waals surface area contributed by atoms with Crippen molar-refractivity contribution in [3.63, 3.8) is 0 Å². The van der Waals surface area contributed by atoms with Crippen LogP contribution in [0.1, 0.15) is 35.7 Å². The van der Waals surface area contributed by atoms with Crippen molar-refractivity contribution in [3.8, 4) is 0 Å². The van der Waals surface area contributed by atoms with Crippen LogP contribution in [0.3, 0.4) is 0 Å². The molecule has 3 rings (SSSR count). The number of halogens is 1. The number of amides is 1. The maximum absolute atomic E-state index is 11.0. The van der Waals surface area contributed by atoms with Gasteiger partial charge in [-0.15, -0.1) is 0 Å². The summed E-state index contributed by atoms with van der Waals surface area (Å²) in [5.41, 5.74) is 8.68. The Bertz CT molecular complexity index is 665. The van der Waals surface area contributed by atoms with Crippen molar-refractivity contribution in [2.45, 2.75) is 38.4 Å². The third-order valence-corrected chi connectivity index (χ3v) is 4.17. The van der Waals surface area contributed by atoms with Crippen molar-refractivity contribution in [2.75, 3.05) is 0 Å². The van der Waals surface area contributed by atoms with E-state index in [1.54, 1.807) is 4.68 Å². The van der Waals surface area contributed by atoms with E-state index >= 15 is 0 Å². The number of carbonyl (C=O) groups excluding carboxylic acids is 1. The van der Waals surface area contributed by atoms with Gasteiger partial charge in [0.05, 0.1) is 11.7 Å². The maximum atomic E-state index is 11.0. The largest absolute Gasteiger partial charge is 0.368 e. The van der Waals surface area contributed by atoms with E-state index in [4.69, 9.17) is 17.3 Å². The normalized spacial score (nSPS) is 17.2. The molecule has 3 N–H and O–H groups in total. The third kappa shape index (κ3) is 3.48. The molecule has 1 aromatic heterocycles. The summed E-state index contributed by atoms with van der Waals surface area (Å²) >= 11 is 5.90. The Hall–Kier alpha value is -1.85. The van der Waals surface area contributed by atoms with Crippen LogP contribution in [0, 0.1) is 0 Å². The average Bonchev–Trinajstić information content (AvgIpc) is 2.88. The van der Waals surface area contributed by atoms with Crippen molar-refractivity contribution in [3.05, 3.63) is 52.3 Å². The average molecular weight is 319 g/mol. The first-order valence-corrected chi connectivity index (χ1v) is 7.82. The highest BCUT2D eigenvalue weighted by molar-refractivity contribution is 6.30. The van der Waals surface area contributed by atoms with Crippen LogP contribution in [-0.2, 0) is 24.3 Å². The molecule has 0 saturated carbocycles. The number of nitrogens with one attached hydrogen (secondary N) is 1. The highest BCUT2D eigenvalue weighted by Crippen LogP contribution is 2.28. The Morgan fingerprint density at radius 3 is 2.91 bits per heavy atom. The summed E-state index contributed by atoms with van der Waals surface area (Å²) in [4.78, 5) is 11.0. The summed E-state index contributed by atoms with van der Waals surface area (Å²) in [6.07, 6.45) is 5.12. The van der Waals surface area contributed by atoms with E-state index in [-0.39, 0.29) is 18.5 Å². The first-order chi connectivity index (χ1) is 10.6. The lowest BCUT2D eigenvalue weighted by atomic mass is 9.93. The molecule has 0 saturated heterocycles. The molecule has 6 heteroatoms. The Morgan fingerprint density at radius 1 is 1.41 bits per heavy atom. The molecule has 0 bridgehead atoms. The molecule has 1 amide bonds. The summed E-state index contributed by atoms with van der Waals surface area (Å²) in [5, 5.41) is 8.82. The number of benzene rings is 1. The zero-order valence-electron chi connectivity index (χ0n) is 12.3. The van der Waals surface area contributed by atoms with Gasteiger partial charge in [0, 0.05) is 17.8 Å². The molecule has 0 radical (unpaired) electrons. The van der Waals surface area contributed by atoms with Crippen LogP contribution in [0.15, 0.2) is 30.5 Å². The number of nitrogens with zero attached hydrogens (tertiary/aromatic N) is 2. The lowest BCUT2D eigenvalue weighted by Crippen LogP contribution is -2.25. The van der Waals surface area contributed by atoms with E-state index in [9.17, 15) is 4.79 Å². The number of nitrogens with two attached hydrogens (primary N) is 1. The number of rotatable bonds is 5. The van der Waals surface area contributed by atoms with Crippen molar-refractivity contribution < 1.29 is 4.79 Å². The smallest absolute Gasteiger partial charge is 0.239 e. The number of hydrogen-bond acceptors (Lipinski definition) is 3. The third-order valence-electron chi connectivity index (χ3n) is 3.92. The summed E-state index contributed by atoms with van der Waals surface area (Å²) < 4.78 is 1.65. The fraction of sp³-hybridized carbons (Fsp3) is 0.375. The number of primary amides is 1. The second-order valence-electron chi connectivity index (χ2n) is 5.66. The van der Waals surface area contributed by atoms with E-state index in [1.807, 2.05) is 30.5 Å². The van der Waals surface area contributed by atoms with Crippen LogP contribution in [0.25, 0.3) is 0 Å². The zero-order valence-corrected chi connectivity index (χ0v) is 13.0. The molecule has 116 valence electrons. The van der Waals surface area contributed by atoms with Crippen molar-refractivity contribution >= 4 is 17.5 Å². The number of aromatic nitrogens is 2. The molecule has 1 heterocycles. The molecular formula is C16H19ClN4O. The molecule has 1 aliphatic rings. The molecule has 0 spiro atoms. The topological polar surface area (TPSA) is 72.9 Å². The SMILES string of the molecule is NC(=O)Cn1cc2c(n1)C(NCc1ccc(Cl)cc1)CCC2. The molecule has 1 atom stereocenters. The quantitative estimate of drug-likeness (QED) is 0.887. The van der Waals surface area contributed by atoms with E-state index in [1.165, 1.54) is 11.1 Å². The van der Waals surface area contributed by atoms with Gasteiger partial charge in [-0.1, -0.05) is 23.7 Å². The molecule has 1 aliphatic carbocycles. The van der Waals surface area contributed by atoms with Gasteiger partial charge in [-0.2, -0.15) is 5.10 Å². The molecule has 2 aromatic rings. The van der Waals surface area contributed by atoms with Gasteiger partial charge in [0.1, 0.15) is 6.54 Å². The summed E-state index contributed by atoms with van der Waals surface area (Å²) in [6, 6.07) is 8.04. The van der Waals surface area contributed by atoms with E-state index < -0.39 is 0 Å². The maximum Gasteiger partial charge on any atom is 0.239 e. The van der Waals surface area contributed by atoms with Crippen molar-refractivity contribution in [1.82, 2.24) is 15.1 Å². The predicted molar refractivity (Wildman–Crippen MR) is 85.4 cm³/mol. The number of carbonyl (C=O) groups is 1. The Labute approximate surface area is 134 Å². The highest BCUT2D eigenvalue weighted by atomic mass is 35.5. The molecule has 1 unspecified atom stereocenters. The number of aryl methyl sites for hydroxylation is 1. The van der Waals surface area contributed by atoms with E-state index in [2.05, 4.69) is 10.4 Å². The Balaban J connectivity index is 1.69. The van der Waals surface area contributed by atoms with Crippen LogP contribution in [0.5, 0.6) is 0 Å². The van der Waals surface area contributed by atoms with Gasteiger partial charge < -0.3 is 11.1 Å². The van der Waals surface area contributed by atoms with Gasteiger partial charge >= 0.3 is 0 Å². The van der Waals surface area contributed by atoms with Crippen LogP contribution in [0.2, 0.25) is 5.02 Å². The number of fused-ring (bicyclic) bond motifs is 1. The molecular weight excluding hydrogens is 300 g/mol. The minimum atomic E-state index is -0.370. The monoisotopic (exact) mass is 318 g/mol. The van der Waals surface area contributed by atoms with Gasteiger partial charge in [0.2, 0.25) is 5.91 Å². The van der Waals surface area contributed by atoms with E-state index in [0.717, 1.165) is 36.5 Å². The van der Waals surface area contributed by atoms with Crippen LogP contribution < -0.4 is 11.1 Å². The molecule has 5 nitrogen and oxygen atoms in total. The van der Waals surface area contributed by atoms with Gasteiger partial charge in [-0.05, 0) is 42.5 Å². The molecule has 0 aliphatic heterocycles. The first-order valence-electron chi connectivity index (χ1n) is 7.44. The Morgan fingerprint density at radius 2 is 2.18 bits per heavy atom. The van der Waals surface area contributed by atoms with E-state index in [0.29, 0.717) is 0 Å². The molecule has 0 fully saturated rings. The number of hydrogen-bond donors (Lipinski definition) is 2. The fourth-order valence-electron chi connectivity index (χ4n) is 2.88. The first kappa shape index (κ1) is 15.1. The van der Waals surface area contributed by atoms with Crippen molar-refractivity contribution in [1.29, 1.82) is 0 Å². The van der Waals surface area contributed by atoms with Crippen LogP contribution in [0.4, 0.5) is 0 Å². The van der Waals surface area contributed by atoms with Gasteiger partial charge in [0.15, 0.2) is 0 Å². The summed E-state index contributed by atoms with van der Waals surface area (Å²) in [5.74, 6) is -0.370. The van der Waals surface area contributed by atoms with Crippen LogP contribution in [-0.4, -0.2) is 15.7 Å². The summed E-state index contributed by atoms with van der Waals surface area (Å²) in [6.45, 7) is 0.904. The van der Waals surface area contributed by atoms with Gasteiger partial charge in [-0.3, -0.25) is 9.48 Å². The minimum Gasteiger partial charge on any atom is -0.368 e. The van der Waals surface area contributed by atoms with Crippen molar-refractivity contribution in [2.24, 2.45) is 5.73 Å². The molecule has 22 heavy (non-hydrogen) atoms. The fourth-order valence-corrected chi connectivity index (χ4v) is 3.01.